The van der Waals surface area contributed by atoms with Crippen molar-refractivity contribution >= 4 is 35.6 Å². The maximum Gasteiger partial charge on any atom is 0.326 e. The molecular formula is C23H29N7O8. The van der Waals surface area contributed by atoms with E-state index >= 15 is 0 Å². The number of hydrogen-bond donors (Lipinski definition) is 8. The number of aliphatic carboxylic acids is 2. The molecule has 0 aliphatic heterocycles. The number of amides is 4. The van der Waals surface area contributed by atoms with E-state index in [-0.39, 0.29) is 12.8 Å². The first-order valence-electron chi connectivity index (χ1n) is 11.4. The second kappa shape index (κ2) is 14.1. The average molecular weight is 532 g/mol. The highest BCUT2D eigenvalue weighted by Crippen LogP contribution is 2.07. The van der Waals surface area contributed by atoms with Crippen LogP contribution in [0.15, 0.2) is 42.9 Å². The van der Waals surface area contributed by atoms with Crippen molar-refractivity contribution in [2.24, 2.45) is 11.5 Å². The fourth-order valence-electron chi connectivity index (χ4n) is 3.39. The van der Waals surface area contributed by atoms with Gasteiger partial charge in [0, 0.05) is 24.7 Å². The number of rotatable bonds is 15. The Morgan fingerprint density at radius 1 is 0.842 bits per heavy atom. The predicted octanol–water partition coefficient (Wildman–Crippen LogP) is -2.59. The van der Waals surface area contributed by atoms with Crippen molar-refractivity contribution < 1.29 is 39.0 Å². The molecular weight excluding hydrogens is 502 g/mol. The molecule has 1 heterocycles. The van der Waals surface area contributed by atoms with Gasteiger partial charge in [0.15, 0.2) is 0 Å². The van der Waals surface area contributed by atoms with Crippen molar-refractivity contribution in [3.05, 3.63) is 54.1 Å². The van der Waals surface area contributed by atoms with Gasteiger partial charge in [-0.25, -0.2) is 9.78 Å². The van der Waals surface area contributed by atoms with Gasteiger partial charge in [-0.2, -0.15) is 0 Å². The summed E-state index contributed by atoms with van der Waals surface area (Å²) >= 11 is 0. The third-order valence-corrected chi connectivity index (χ3v) is 5.28. The van der Waals surface area contributed by atoms with Crippen molar-refractivity contribution in [3.63, 3.8) is 0 Å². The van der Waals surface area contributed by atoms with Crippen molar-refractivity contribution in [1.82, 2.24) is 25.9 Å². The van der Waals surface area contributed by atoms with Crippen LogP contribution in [0.3, 0.4) is 0 Å². The number of benzene rings is 1. The minimum absolute atomic E-state index is 0.0649. The molecule has 0 radical (unpaired) electrons. The summed E-state index contributed by atoms with van der Waals surface area (Å²) in [4.78, 5) is 79.1. The summed E-state index contributed by atoms with van der Waals surface area (Å²) in [6.45, 7) is 0. The molecule has 4 unspecified atom stereocenters. The van der Waals surface area contributed by atoms with Gasteiger partial charge in [-0.05, 0) is 5.56 Å². The molecule has 38 heavy (non-hydrogen) atoms. The van der Waals surface area contributed by atoms with Crippen LogP contribution < -0.4 is 27.4 Å². The highest BCUT2D eigenvalue weighted by atomic mass is 16.4. The third-order valence-electron chi connectivity index (χ3n) is 5.28. The first-order valence-corrected chi connectivity index (χ1v) is 11.4. The second-order valence-corrected chi connectivity index (χ2v) is 8.37. The average Bonchev–Trinajstić information content (AvgIpc) is 3.35. The summed E-state index contributed by atoms with van der Waals surface area (Å²) in [5.74, 6) is -6.51. The van der Waals surface area contributed by atoms with Gasteiger partial charge in [-0.3, -0.25) is 24.0 Å². The van der Waals surface area contributed by atoms with Gasteiger partial charge in [-0.1, -0.05) is 30.3 Å². The Bertz CT molecular complexity index is 1140. The summed E-state index contributed by atoms with van der Waals surface area (Å²) in [5, 5.41) is 25.4. The van der Waals surface area contributed by atoms with E-state index in [0.717, 1.165) is 0 Å². The number of carbonyl (C=O) groups excluding carboxylic acids is 4. The molecule has 15 nitrogen and oxygen atoms in total. The number of primary amides is 1. The number of nitrogens with zero attached hydrogens (tertiary/aromatic N) is 1. The highest BCUT2D eigenvalue weighted by molar-refractivity contribution is 5.96. The molecule has 10 N–H and O–H groups in total. The van der Waals surface area contributed by atoms with E-state index in [4.69, 9.17) is 16.6 Å². The van der Waals surface area contributed by atoms with E-state index in [0.29, 0.717) is 11.3 Å². The maximum atomic E-state index is 13.1. The fourth-order valence-corrected chi connectivity index (χ4v) is 3.39. The molecule has 1 aromatic carbocycles. The lowest BCUT2D eigenvalue weighted by atomic mass is 10.0. The van der Waals surface area contributed by atoms with Crippen molar-refractivity contribution in [1.29, 1.82) is 0 Å². The Labute approximate surface area is 216 Å². The van der Waals surface area contributed by atoms with Crippen LogP contribution in [-0.2, 0) is 41.6 Å². The Hall–Kier alpha value is -4.79. The topological polar surface area (TPSA) is 260 Å². The van der Waals surface area contributed by atoms with Crippen LogP contribution in [0.4, 0.5) is 0 Å². The summed E-state index contributed by atoms with van der Waals surface area (Å²) in [6.07, 6.45) is 1.16. The molecule has 1 aromatic heterocycles. The van der Waals surface area contributed by atoms with Gasteiger partial charge in [0.05, 0.1) is 25.2 Å². The summed E-state index contributed by atoms with van der Waals surface area (Å²) in [6, 6.07) is 2.71. The van der Waals surface area contributed by atoms with Gasteiger partial charge in [-0.15, -0.1) is 0 Å². The summed E-state index contributed by atoms with van der Waals surface area (Å²) in [7, 11) is 0. The lowest BCUT2D eigenvalue weighted by Gasteiger charge is -2.25. The van der Waals surface area contributed by atoms with Gasteiger partial charge >= 0.3 is 11.9 Å². The number of carboxylic acid groups (broad SMARTS) is 2. The zero-order valence-corrected chi connectivity index (χ0v) is 20.1. The number of aromatic amines is 1. The molecule has 2 rings (SSSR count). The third kappa shape index (κ3) is 9.69. The lowest BCUT2D eigenvalue weighted by Crippen LogP contribution is -2.58. The largest absolute Gasteiger partial charge is 0.481 e. The molecule has 204 valence electrons. The van der Waals surface area contributed by atoms with E-state index in [1.165, 1.54) is 12.5 Å². The second-order valence-electron chi connectivity index (χ2n) is 8.37. The molecule has 0 fully saturated rings. The molecule has 0 bridgehead atoms. The molecule has 4 amide bonds. The molecule has 0 saturated heterocycles. The van der Waals surface area contributed by atoms with Crippen molar-refractivity contribution in [3.8, 4) is 0 Å². The van der Waals surface area contributed by atoms with Gasteiger partial charge < -0.3 is 42.6 Å². The minimum Gasteiger partial charge on any atom is -0.481 e. The zero-order chi connectivity index (χ0) is 28.2. The van der Waals surface area contributed by atoms with Gasteiger partial charge in [0.2, 0.25) is 23.6 Å². The normalized spacial score (nSPS) is 13.8. The Morgan fingerprint density at radius 2 is 1.45 bits per heavy atom. The number of hydrogen-bond acceptors (Lipinski definition) is 8. The predicted molar refractivity (Wildman–Crippen MR) is 130 cm³/mol. The number of aromatic nitrogens is 2. The smallest absolute Gasteiger partial charge is 0.326 e. The van der Waals surface area contributed by atoms with E-state index < -0.39 is 72.6 Å². The molecule has 0 aliphatic carbocycles. The molecule has 4 atom stereocenters. The van der Waals surface area contributed by atoms with Crippen LogP contribution in [-0.4, -0.2) is 79.9 Å². The van der Waals surface area contributed by atoms with Crippen LogP contribution >= 0.6 is 0 Å². The lowest BCUT2D eigenvalue weighted by molar-refractivity contribution is -0.142. The molecule has 15 heteroatoms. The Kier molecular flexibility index (Phi) is 10.9. The molecule has 2 aromatic rings. The maximum absolute atomic E-state index is 13.1. The van der Waals surface area contributed by atoms with Gasteiger partial charge in [0.1, 0.15) is 18.1 Å². The van der Waals surface area contributed by atoms with Crippen LogP contribution in [0.5, 0.6) is 0 Å². The quantitative estimate of drug-likeness (QED) is 0.119. The Morgan fingerprint density at radius 3 is 2.00 bits per heavy atom. The summed E-state index contributed by atoms with van der Waals surface area (Å²) in [5.41, 5.74) is 11.8. The first-order chi connectivity index (χ1) is 18.0. The minimum atomic E-state index is -1.58. The Balaban J connectivity index is 2.23. The number of carbonyl (C=O) groups is 6. The number of H-pyrrole nitrogens is 1. The van der Waals surface area contributed by atoms with E-state index in [1.807, 2.05) is 0 Å². The number of imidazole rings is 1. The number of nitrogens with one attached hydrogen (secondary N) is 4. The van der Waals surface area contributed by atoms with E-state index in [9.17, 15) is 33.9 Å². The summed E-state index contributed by atoms with van der Waals surface area (Å²) < 4.78 is 0. The monoisotopic (exact) mass is 531 g/mol. The zero-order valence-electron chi connectivity index (χ0n) is 20.1. The van der Waals surface area contributed by atoms with Crippen molar-refractivity contribution in [2.45, 2.75) is 49.9 Å². The van der Waals surface area contributed by atoms with E-state index in [2.05, 4.69) is 25.9 Å². The van der Waals surface area contributed by atoms with Crippen LogP contribution in [0.25, 0.3) is 0 Å². The van der Waals surface area contributed by atoms with Crippen LogP contribution in [0, 0.1) is 0 Å². The van der Waals surface area contributed by atoms with Crippen LogP contribution in [0.1, 0.15) is 24.1 Å². The molecule has 0 aliphatic rings. The number of carboxylic acids is 2. The fraction of sp³-hybridized carbons (Fsp3) is 0.348. The standard InChI is InChI=1S/C23H29N7O8/c24-14(8-19(32)33)20(34)28-16(9-18(25)31)22(36)29-15(6-12-4-2-1-3-5-12)21(35)30-17(23(37)38)7-13-10-26-11-27-13/h1-5,10-11,14-17H,6-9,24H2,(H2,25,31)(H,26,27)(H,28,34)(H,29,36)(H,30,35)(H,32,33)(H,37,38). The number of nitrogens with two attached hydrogens (primary N) is 2. The van der Waals surface area contributed by atoms with Crippen molar-refractivity contribution in [2.75, 3.05) is 0 Å². The van der Waals surface area contributed by atoms with Gasteiger partial charge in [0.25, 0.3) is 0 Å². The SMILES string of the molecule is NC(=O)CC(NC(=O)C(N)CC(=O)O)C(=O)NC(Cc1ccccc1)C(=O)NC(Cc1cnc[nH]1)C(=O)O. The highest BCUT2D eigenvalue weighted by Gasteiger charge is 2.31. The van der Waals surface area contributed by atoms with Crippen LogP contribution in [0.2, 0.25) is 0 Å². The molecule has 0 spiro atoms. The van der Waals surface area contributed by atoms with E-state index in [1.54, 1.807) is 30.3 Å². The first kappa shape index (κ1) is 29.4. The molecule has 0 saturated carbocycles.